The van der Waals surface area contributed by atoms with E-state index >= 15 is 0 Å². The van der Waals surface area contributed by atoms with Crippen molar-refractivity contribution in [3.63, 3.8) is 0 Å². The maximum atomic E-state index is 12.5. The number of ether oxygens (including phenoxy) is 3. The van der Waals surface area contributed by atoms with Crippen LogP contribution in [0.25, 0.3) is 6.08 Å². The maximum absolute atomic E-state index is 12.5. The first-order valence-electron chi connectivity index (χ1n) is 8.12. The van der Waals surface area contributed by atoms with Crippen molar-refractivity contribution in [1.29, 1.82) is 0 Å². The van der Waals surface area contributed by atoms with Crippen LogP contribution in [0, 0.1) is 0 Å². The molecule has 134 valence electrons. The highest BCUT2D eigenvalue weighted by Crippen LogP contribution is 2.35. The Bertz CT molecular complexity index is 1050. The lowest BCUT2D eigenvalue weighted by atomic mass is 10.1. The number of hydrogen-bond acceptors (Lipinski definition) is 6. The smallest absolute Gasteiger partial charge is 0.353 e. The molecule has 0 saturated carbocycles. The van der Waals surface area contributed by atoms with Crippen molar-refractivity contribution in [2.45, 2.75) is 0 Å². The van der Waals surface area contributed by atoms with Gasteiger partial charge in [0.15, 0.2) is 5.76 Å². The lowest BCUT2D eigenvalue weighted by molar-refractivity contribution is 0.0739. The third-order valence-corrected chi connectivity index (χ3v) is 4.82. The van der Waals surface area contributed by atoms with Crippen molar-refractivity contribution < 1.29 is 23.8 Å². The molecule has 1 aliphatic rings. The van der Waals surface area contributed by atoms with E-state index in [4.69, 9.17) is 14.2 Å². The minimum absolute atomic E-state index is 0.200. The molecule has 0 N–H and O–H groups in total. The van der Waals surface area contributed by atoms with Crippen LogP contribution in [-0.2, 0) is 0 Å². The van der Waals surface area contributed by atoms with Crippen LogP contribution in [0.3, 0.4) is 0 Å². The van der Waals surface area contributed by atoms with E-state index in [1.54, 1.807) is 67.8 Å². The van der Waals surface area contributed by atoms with Gasteiger partial charge in [0.25, 0.3) is 0 Å². The quantitative estimate of drug-likeness (QED) is 0.377. The Balaban J connectivity index is 1.56. The van der Waals surface area contributed by atoms with Crippen LogP contribution in [0.15, 0.2) is 65.7 Å². The van der Waals surface area contributed by atoms with Gasteiger partial charge in [-0.15, -0.1) is 11.3 Å². The number of hydrogen-bond donors (Lipinski definition) is 0. The van der Waals surface area contributed by atoms with Crippen molar-refractivity contribution in [1.82, 2.24) is 0 Å². The second kappa shape index (κ2) is 7.09. The summed E-state index contributed by atoms with van der Waals surface area (Å²) >= 11 is 1.32. The molecule has 0 aliphatic carbocycles. The van der Waals surface area contributed by atoms with Gasteiger partial charge in [0.2, 0.25) is 5.78 Å². The Morgan fingerprint density at radius 2 is 1.96 bits per heavy atom. The highest BCUT2D eigenvalue weighted by Gasteiger charge is 2.27. The lowest BCUT2D eigenvalue weighted by Gasteiger charge is -2.04. The normalized spacial score (nSPS) is 14.0. The molecular formula is C21H14O5S. The number of allylic oxidation sites excluding steroid dienone is 1. The number of carbonyl (C=O) groups is 2. The summed E-state index contributed by atoms with van der Waals surface area (Å²) in [4.78, 5) is 25.1. The molecule has 5 nitrogen and oxygen atoms in total. The van der Waals surface area contributed by atoms with Gasteiger partial charge in [0.05, 0.1) is 12.7 Å². The highest BCUT2D eigenvalue weighted by atomic mass is 32.1. The number of ketones is 1. The minimum Gasteiger partial charge on any atom is -0.497 e. The number of carbonyl (C=O) groups excluding carboxylic acids is 2. The van der Waals surface area contributed by atoms with E-state index in [0.29, 0.717) is 33.3 Å². The Morgan fingerprint density at radius 1 is 1.07 bits per heavy atom. The predicted molar refractivity (Wildman–Crippen MR) is 102 cm³/mol. The number of thiophene rings is 1. The number of benzene rings is 2. The molecule has 4 rings (SSSR count). The summed E-state index contributed by atoms with van der Waals surface area (Å²) in [7, 11) is 1.55. The van der Waals surface area contributed by atoms with E-state index in [1.807, 2.05) is 5.38 Å². The van der Waals surface area contributed by atoms with Gasteiger partial charge in [-0.05, 0) is 47.4 Å². The third kappa shape index (κ3) is 3.47. The van der Waals surface area contributed by atoms with Crippen molar-refractivity contribution in [3.05, 3.63) is 81.7 Å². The van der Waals surface area contributed by atoms with Crippen molar-refractivity contribution in [2.24, 2.45) is 0 Å². The fraction of sp³-hybridized carbons (Fsp3) is 0.0476. The molecule has 0 unspecified atom stereocenters. The van der Waals surface area contributed by atoms with E-state index in [-0.39, 0.29) is 11.5 Å². The van der Waals surface area contributed by atoms with Crippen LogP contribution in [0.5, 0.6) is 17.2 Å². The first-order chi connectivity index (χ1) is 13.1. The third-order valence-electron chi connectivity index (χ3n) is 3.97. The van der Waals surface area contributed by atoms with Gasteiger partial charge in [-0.2, -0.15) is 0 Å². The van der Waals surface area contributed by atoms with Gasteiger partial charge in [0.1, 0.15) is 22.1 Å². The van der Waals surface area contributed by atoms with Gasteiger partial charge < -0.3 is 14.2 Å². The van der Waals surface area contributed by atoms with Crippen LogP contribution >= 0.6 is 11.3 Å². The van der Waals surface area contributed by atoms with Crippen LogP contribution in [0.2, 0.25) is 0 Å². The maximum Gasteiger partial charge on any atom is 0.353 e. The van der Waals surface area contributed by atoms with Gasteiger partial charge in [-0.3, -0.25) is 4.79 Å². The topological polar surface area (TPSA) is 61.8 Å². The fourth-order valence-corrected chi connectivity index (χ4v) is 3.26. The number of rotatable bonds is 4. The first kappa shape index (κ1) is 17.1. The molecule has 0 spiro atoms. The number of fused-ring (bicyclic) bond motifs is 1. The van der Waals surface area contributed by atoms with Crippen molar-refractivity contribution in [3.8, 4) is 17.2 Å². The lowest BCUT2D eigenvalue weighted by Crippen LogP contribution is -2.06. The monoisotopic (exact) mass is 378 g/mol. The largest absolute Gasteiger partial charge is 0.497 e. The standard InChI is InChI=1S/C21H14O5S/c1-24-14-7-8-16-17(12-14)26-18(20(16)22)11-13-4-2-5-15(10-13)25-21(23)19-6-3-9-27-19/h2-12H,1H3/b18-11-. The van der Waals surface area contributed by atoms with E-state index in [2.05, 4.69) is 0 Å². The van der Waals surface area contributed by atoms with Gasteiger partial charge in [0, 0.05) is 6.07 Å². The van der Waals surface area contributed by atoms with E-state index in [9.17, 15) is 9.59 Å². The molecular weight excluding hydrogens is 364 g/mol. The van der Waals surface area contributed by atoms with Gasteiger partial charge in [-0.1, -0.05) is 18.2 Å². The molecule has 27 heavy (non-hydrogen) atoms. The molecule has 0 saturated heterocycles. The number of Topliss-reactive ketones (excluding diaryl/α,β-unsaturated/α-hetero) is 1. The Morgan fingerprint density at radius 3 is 2.74 bits per heavy atom. The van der Waals surface area contributed by atoms with E-state index in [0.717, 1.165) is 0 Å². The van der Waals surface area contributed by atoms with E-state index < -0.39 is 5.97 Å². The van der Waals surface area contributed by atoms with Gasteiger partial charge >= 0.3 is 5.97 Å². The fourth-order valence-electron chi connectivity index (χ4n) is 2.67. The molecule has 1 aromatic heterocycles. The van der Waals surface area contributed by atoms with Crippen LogP contribution in [0.1, 0.15) is 25.6 Å². The molecule has 1 aliphatic heterocycles. The SMILES string of the molecule is COc1ccc2c(c1)O/C(=C\c1cccc(OC(=O)c3cccs3)c1)C2=O. The first-order valence-corrected chi connectivity index (χ1v) is 9.00. The van der Waals surface area contributed by atoms with E-state index in [1.165, 1.54) is 11.3 Å². The van der Waals surface area contributed by atoms with Crippen LogP contribution in [-0.4, -0.2) is 18.9 Å². The summed E-state index contributed by atoms with van der Waals surface area (Å²) < 4.78 is 16.2. The molecule has 0 amide bonds. The Kier molecular flexibility index (Phi) is 4.48. The Hall–Kier alpha value is -3.38. The number of methoxy groups -OCH3 is 1. The second-order valence-electron chi connectivity index (χ2n) is 5.74. The molecule has 0 fully saturated rings. The van der Waals surface area contributed by atoms with Crippen LogP contribution < -0.4 is 14.2 Å². The number of esters is 1. The van der Waals surface area contributed by atoms with Gasteiger partial charge in [-0.25, -0.2) is 4.79 Å². The summed E-state index contributed by atoms with van der Waals surface area (Å²) in [6, 6.07) is 15.5. The predicted octanol–water partition coefficient (Wildman–Crippen LogP) is 4.59. The summed E-state index contributed by atoms with van der Waals surface area (Å²) in [5.74, 6) is 1.07. The summed E-state index contributed by atoms with van der Waals surface area (Å²) in [5.41, 5.74) is 1.18. The summed E-state index contributed by atoms with van der Waals surface area (Å²) in [6.07, 6.45) is 1.62. The molecule has 2 heterocycles. The molecule has 6 heteroatoms. The summed E-state index contributed by atoms with van der Waals surface area (Å²) in [5, 5.41) is 1.81. The average Bonchev–Trinajstić information content (AvgIpc) is 3.31. The molecule has 3 aromatic rings. The zero-order valence-corrected chi connectivity index (χ0v) is 15.1. The zero-order valence-electron chi connectivity index (χ0n) is 14.3. The second-order valence-corrected chi connectivity index (χ2v) is 6.69. The van der Waals surface area contributed by atoms with Crippen LogP contribution in [0.4, 0.5) is 0 Å². The molecule has 0 bridgehead atoms. The summed E-state index contributed by atoms with van der Waals surface area (Å²) in [6.45, 7) is 0. The average molecular weight is 378 g/mol. The molecule has 0 atom stereocenters. The minimum atomic E-state index is -0.414. The highest BCUT2D eigenvalue weighted by molar-refractivity contribution is 7.12. The van der Waals surface area contributed by atoms with Crippen molar-refractivity contribution in [2.75, 3.05) is 7.11 Å². The molecule has 2 aromatic carbocycles. The molecule has 0 radical (unpaired) electrons. The van der Waals surface area contributed by atoms with Crippen molar-refractivity contribution >= 4 is 29.2 Å². The zero-order chi connectivity index (χ0) is 18.8. The Labute approximate surface area is 159 Å².